The number of piperidine rings is 1. The number of carbonyl (C=O) groups excluding carboxylic acids is 2. The minimum atomic E-state index is -0.0913. The summed E-state index contributed by atoms with van der Waals surface area (Å²) in [6, 6.07) is 20.1. The summed E-state index contributed by atoms with van der Waals surface area (Å²) in [4.78, 5) is 26.8. The molecule has 4 nitrogen and oxygen atoms in total. The second kappa shape index (κ2) is 9.36. The molecule has 27 heavy (non-hydrogen) atoms. The molecule has 0 bridgehead atoms. The molecule has 2 aromatic carbocycles. The summed E-state index contributed by atoms with van der Waals surface area (Å²) in [6.45, 7) is 3.90. The van der Waals surface area contributed by atoms with E-state index in [1.807, 2.05) is 65.6 Å². The van der Waals surface area contributed by atoms with Gasteiger partial charge in [0.1, 0.15) is 0 Å². The zero-order chi connectivity index (χ0) is 19.1. The Bertz CT molecular complexity index is 698. The quantitative estimate of drug-likeness (QED) is 0.852. The minimum absolute atomic E-state index is 0.0154. The molecule has 2 amide bonds. The van der Waals surface area contributed by atoms with E-state index in [9.17, 15) is 9.59 Å². The summed E-state index contributed by atoms with van der Waals surface area (Å²) in [6.07, 6.45) is 2.42. The molecule has 3 rings (SSSR count). The predicted octanol–water partition coefficient (Wildman–Crippen LogP) is 3.58. The third-order valence-electron chi connectivity index (χ3n) is 5.37. The van der Waals surface area contributed by atoms with Crippen LogP contribution >= 0.6 is 0 Å². The van der Waals surface area contributed by atoms with Crippen molar-refractivity contribution in [2.45, 2.75) is 32.1 Å². The Morgan fingerprint density at radius 1 is 0.963 bits per heavy atom. The Morgan fingerprint density at radius 3 is 2.00 bits per heavy atom. The second-order valence-corrected chi connectivity index (χ2v) is 7.42. The molecule has 0 unspecified atom stereocenters. The standard InChI is InChI=1S/C23H28N2O2/c1-18-12-14-25(15-13-18)23(27)17-24-22(26)16-21(19-8-4-2-5-9-19)20-10-6-3-7-11-20/h2-11,18,21H,12-17H2,1H3,(H,24,26). The number of amides is 2. The summed E-state index contributed by atoms with van der Waals surface area (Å²) in [5.41, 5.74) is 2.21. The van der Waals surface area contributed by atoms with Crippen molar-refractivity contribution < 1.29 is 9.59 Å². The van der Waals surface area contributed by atoms with E-state index >= 15 is 0 Å². The predicted molar refractivity (Wildman–Crippen MR) is 107 cm³/mol. The van der Waals surface area contributed by atoms with Crippen molar-refractivity contribution in [3.63, 3.8) is 0 Å². The van der Waals surface area contributed by atoms with Gasteiger partial charge in [-0.05, 0) is 29.9 Å². The van der Waals surface area contributed by atoms with E-state index in [1.54, 1.807) is 0 Å². The summed E-state index contributed by atoms with van der Waals surface area (Å²) in [7, 11) is 0. The normalized spacial score (nSPS) is 15.0. The number of nitrogens with one attached hydrogen (secondary N) is 1. The Labute approximate surface area is 161 Å². The highest BCUT2D eigenvalue weighted by molar-refractivity contribution is 5.85. The summed E-state index contributed by atoms with van der Waals surface area (Å²) >= 11 is 0. The molecule has 2 aromatic rings. The molecule has 0 spiro atoms. The van der Waals surface area contributed by atoms with E-state index in [0.717, 1.165) is 37.1 Å². The average molecular weight is 364 g/mol. The lowest BCUT2D eigenvalue weighted by Gasteiger charge is -2.30. The van der Waals surface area contributed by atoms with Crippen molar-refractivity contribution >= 4 is 11.8 Å². The molecular weight excluding hydrogens is 336 g/mol. The van der Waals surface area contributed by atoms with Crippen molar-refractivity contribution in [3.8, 4) is 0 Å². The topological polar surface area (TPSA) is 49.4 Å². The van der Waals surface area contributed by atoms with E-state index < -0.39 is 0 Å². The number of nitrogens with zero attached hydrogens (tertiary/aromatic N) is 1. The van der Waals surface area contributed by atoms with Gasteiger partial charge in [-0.15, -0.1) is 0 Å². The van der Waals surface area contributed by atoms with Crippen LogP contribution in [0.1, 0.15) is 43.2 Å². The van der Waals surface area contributed by atoms with Crippen molar-refractivity contribution in [2.75, 3.05) is 19.6 Å². The van der Waals surface area contributed by atoms with E-state index in [-0.39, 0.29) is 24.3 Å². The summed E-state index contributed by atoms with van der Waals surface area (Å²) in [5.74, 6) is 0.595. The van der Waals surface area contributed by atoms with Gasteiger partial charge in [-0.3, -0.25) is 9.59 Å². The molecule has 1 saturated heterocycles. The Morgan fingerprint density at radius 2 is 1.48 bits per heavy atom. The van der Waals surface area contributed by atoms with Gasteiger partial charge in [0.2, 0.25) is 11.8 Å². The van der Waals surface area contributed by atoms with E-state index in [1.165, 1.54) is 0 Å². The van der Waals surface area contributed by atoms with Crippen LogP contribution in [-0.4, -0.2) is 36.3 Å². The molecular formula is C23H28N2O2. The van der Waals surface area contributed by atoms with Crippen LogP contribution in [0.3, 0.4) is 0 Å². The fourth-order valence-electron chi connectivity index (χ4n) is 3.60. The number of likely N-dealkylation sites (tertiary alicyclic amines) is 1. The van der Waals surface area contributed by atoms with Gasteiger partial charge in [-0.2, -0.15) is 0 Å². The second-order valence-electron chi connectivity index (χ2n) is 7.42. The number of hydrogen-bond donors (Lipinski definition) is 1. The minimum Gasteiger partial charge on any atom is -0.347 e. The molecule has 0 aromatic heterocycles. The lowest BCUT2D eigenvalue weighted by atomic mass is 9.88. The maximum atomic E-state index is 12.6. The van der Waals surface area contributed by atoms with Gasteiger partial charge in [0, 0.05) is 25.4 Å². The lowest BCUT2D eigenvalue weighted by molar-refractivity contribution is -0.134. The highest BCUT2D eigenvalue weighted by Gasteiger charge is 2.22. The highest BCUT2D eigenvalue weighted by Crippen LogP contribution is 2.27. The Hall–Kier alpha value is -2.62. The van der Waals surface area contributed by atoms with Crippen LogP contribution in [0.2, 0.25) is 0 Å². The lowest BCUT2D eigenvalue weighted by Crippen LogP contribution is -2.44. The van der Waals surface area contributed by atoms with Gasteiger partial charge in [0.15, 0.2) is 0 Å². The molecule has 0 atom stereocenters. The molecule has 0 aliphatic carbocycles. The van der Waals surface area contributed by atoms with E-state index in [2.05, 4.69) is 12.2 Å². The molecule has 1 heterocycles. The summed E-state index contributed by atoms with van der Waals surface area (Å²) in [5, 5.41) is 2.83. The first-order valence-electron chi connectivity index (χ1n) is 9.78. The van der Waals surface area contributed by atoms with Crippen LogP contribution in [0.25, 0.3) is 0 Å². The Balaban J connectivity index is 1.59. The van der Waals surface area contributed by atoms with Crippen LogP contribution in [0.5, 0.6) is 0 Å². The van der Waals surface area contributed by atoms with Gasteiger partial charge in [0.05, 0.1) is 6.54 Å². The van der Waals surface area contributed by atoms with Crippen LogP contribution in [-0.2, 0) is 9.59 Å². The zero-order valence-electron chi connectivity index (χ0n) is 15.9. The first kappa shape index (κ1) is 19.2. The fourth-order valence-corrected chi connectivity index (χ4v) is 3.60. The third-order valence-corrected chi connectivity index (χ3v) is 5.37. The zero-order valence-corrected chi connectivity index (χ0v) is 15.9. The smallest absolute Gasteiger partial charge is 0.241 e. The molecule has 1 N–H and O–H groups in total. The van der Waals surface area contributed by atoms with E-state index in [4.69, 9.17) is 0 Å². The van der Waals surface area contributed by atoms with Crippen molar-refractivity contribution in [3.05, 3.63) is 71.8 Å². The van der Waals surface area contributed by atoms with Gasteiger partial charge in [0.25, 0.3) is 0 Å². The molecule has 0 saturated carbocycles. The van der Waals surface area contributed by atoms with E-state index in [0.29, 0.717) is 12.3 Å². The van der Waals surface area contributed by atoms with Crippen LogP contribution in [0.4, 0.5) is 0 Å². The number of benzene rings is 2. The van der Waals surface area contributed by atoms with Crippen LogP contribution < -0.4 is 5.32 Å². The highest BCUT2D eigenvalue weighted by atomic mass is 16.2. The molecule has 4 heteroatoms. The number of carbonyl (C=O) groups is 2. The summed E-state index contributed by atoms with van der Waals surface area (Å²) < 4.78 is 0. The maximum absolute atomic E-state index is 12.6. The molecule has 1 aliphatic heterocycles. The van der Waals surface area contributed by atoms with Gasteiger partial charge in [-0.1, -0.05) is 67.6 Å². The third kappa shape index (κ3) is 5.43. The molecule has 1 fully saturated rings. The van der Waals surface area contributed by atoms with Crippen LogP contribution in [0, 0.1) is 5.92 Å². The largest absolute Gasteiger partial charge is 0.347 e. The van der Waals surface area contributed by atoms with Gasteiger partial charge in [-0.25, -0.2) is 0 Å². The van der Waals surface area contributed by atoms with Crippen molar-refractivity contribution in [2.24, 2.45) is 5.92 Å². The van der Waals surface area contributed by atoms with Gasteiger partial charge < -0.3 is 10.2 Å². The molecule has 142 valence electrons. The SMILES string of the molecule is CC1CCN(C(=O)CNC(=O)CC(c2ccccc2)c2ccccc2)CC1. The average Bonchev–Trinajstić information content (AvgIpc) is 2.72. The first-order chi connectivity index (χ1) is 13.1. The van der Waals surface area contributed by atoms with Crippen molar-refractivity contribution in [1.82, 2.24) is 10.2 Å². The van der Waals surface area contributed by atoms with Crippen molar-refractivity contribution in [1.29, 1.82) is 0 Å². The maximum Gasteiger partial charge on any atom is 0.241 e. The van der Waals surface area contributed by atoms with Gasteiger partial charge >= 0.3 is 0 Å². The first-order valence-corrected chi connectivity index (χ1v) is 9.78. The number of rotatable bonds is 6. The molecule has 1 aliphatic rings. The monoisotopic (exact) mass is 364 g/mol. The fraction of sp³-hybridized carbons (Fsp3) is 0.391. The molecule has 0 radical (unpaired) electrons. The Kier molecular flexibility index (Phi) is 6.64. The number of hydrogen-bond acceptors (Lipinski definition) is 2. The van der Waals surface area contributed by atoms with Crippen LogP contribution in [0.15, 0.2) is 60.7 Å².